The first-order valence-electron chi connectivity index (χ1n) is 10.7. The SMILES string of the molecule is Cc1nn(Cc2ccc(F)cc2)c2sc(C(=O)Nc3cccc(OCc4cccnc4)c3)cc12. The molecule has 34 heavy (non-hydrogen) atoms. The Hall–Kier alpha value is -4.04. The van der Waals surface area contributed by atoms with Crippen LogP contribution in [0.1, 0.15) is 26.5 Å². The lowest BCUT2D eigenvalue weighted by atomic mass is 10.2. The monoisotopic (exact) mass is 472 g/mol. The second-order valence-electron chi connectivity index (χ2n) is 7.83. The fraction of sp³-hybridized carbons (Fsp3) is 0.115. The van der Waals surface area contributed by atoms with Crippen molar-refractivity contribution in [2.24, 2.45) is 0 Å². The molecule has 5 rings (SSSR count). The zero-order valence-corrected chi connectivity index (χ0v) is 19.2. The first-order valence-corrected chi connectivity index (χ1v) is 11.5. The summed E-state index contributed by atoms with van der Waals surface area (Å²) < 4.78 is 20.9. The molecule has 0 spiro atoms. The van der Waals surface area contributed by atoms with Crippen LogP contribution >= 0.6 is 11.3 Å². The van der Waals surface area contributed by atoms with E-state index in [9.17, 15) is 9.18 Å². The highest BCUT2D eigenvalue weighted by molar-refractivity contribution is 7.20. The van der Waals surface area contributed by atoms with Gasteiger partial charge in [0.25, 0.3) is 5.91 Å². The van der Waals surface area contributed by atoms with Crippen molar-refractivity contribution in [2.75, 3.05) is 5.32 Å². The number of ether oxygens (including phenoxy) is 1. The van der Waals surface area contributed by atoms with Gasteiger partial charge in [-0.3, -0.25) is 14.5 Å². The van der Waals surface area contributed by atoms with Crippen molar-refractivity contribution in [2.45, 2.75) is 20.1 Å². The van der Waals surface area contributed by atoms with Gasteiger partial charge in [-0.15, -0.1) is 11.3 Å². The smallest absolute Gasteiger partial charge is 0.265 e. The maximum Gasteiger partial charge on any atom is 0.265 e. The van der Waals surface area contributed by atoms with Gasteiger partial charge in [0, 0.05) is 35.1 Å². The number of carbonyl (C=O) groups is 1. The summed E-state index contributed by atoms with van der Waals surface area (Å²) in [5.41, 5.74) is 3.40. The zero-order chi connectivity index (χ0) is 23.5. The molecule has 3 heterocycles. The molecule has 0 fully saturated rings. The van der Waals surface area contributed by atoms with E-state index in [4.69, 9.17) is 4.74 Å². The maximum absolute atomic E-state index is 13.2. The number of pyridine rings is 1. The van der Waals surface area contributed by atoms with Crippen LogP contribution in [0.5, 0.6) is 5.75 Å². The Labute approximate surface area is 199 Å². The van der Waals surface area contributed by atoms with E-state index in [-0.39, 0.29) is 11.7 Å². The van der Waals surface area contributed by atoms with Crippen LogP contribution in [0.25, 0.3) is 10.2 Å². The van der Waals surface area contributed by atoms with E-state index in [0.29, 0.717) is 29.5 Å². The van der Waals surface area contributed by atoms with Crippen LogP contribution in [-0.2, 0) is 13.2 Å². The van der Waals surface area contributed by atoms with E-state index >= 15 is 0 Å². The molecule has 1 amide bonds. The van der Waals surface area contributed by atoms with Crippen LogP contribution < -0.4 is 10.1 Å². The Balaban J connectivity index is 1.30. The lowest BCUT2D eigenvalue weighted by Crippen LogP contribution is -2.10. The average Bonchev–Trinajstić information content (AvgIpc) is 3.41. The third-order valence-electron chi connectivity index (χ3n) is 5.30. The van der Waals surface area contributed by atoms with Crippen molar-refractivity contribution in [3.05, 3.63) is 107 Å². The van der Waals surface area contributed by atoms with Crippen LogP contribution in [0.2, 0.25) is 0 Å². The highest BCUT2D eigenvalue weighted by Gasteiger charge is 2.17. The number of thiophene rings is 1. The van der Waals surface area contributed by atoms with Crippen molar-refractivity contribution >= 4 is 33.1 Å². The molecule has 5 aromatic rings. The number of hydrogen-bond donors (Lipinski definition) is 1. The molecular formula is C26H21FN4O2S. The molecule has 0 aliphatic heterocycles. The van der Waals surface area contributed by atoms with Gasteiger partial charge < -0.3 is 10.1 Å². The van der Waals surface area contributed by atoms with Crippen molar-refractivity contribution in [3.63, 3.8) is 0 Å². The van der Waals surface area contributed by atoms with Gasteiger partial charge in [-0.25, -0.2) is 4.39 Å². The molecule has 3 aromatic heterocycles. The molecule has 2 aromatic carbocycles. The summed E-state index contributed by atoms with van der Waals surface area (Å²) in [6.07, 6.45) is 3.47. The Morgan fingerprint density at radius 2 is 1.94 bits per heavy atom. The highest BCUT2D eigenvalue weighted by Crippen LogP contribution is 2.30. The fourth-order valence-electron chi connectivity index (χ4n) is 3.60. The number of halogens is 1. The van der Waals surface area contributed by atoms with Gasteiger partial charge in [0.05, 0.1) is 17.1 Å². The number of rotatable bonds is 7. The lowest BCUT2D eigenvalue weighted by molar-refractivity contribution is 0.103. The minimum atomic E-state index is -0.271. The molecule has 0 aliphatic carbocycles. The second-order valence-corrected chi connectivity index (χ2v) is 8.86. The van der Waals surface area contributed by atoms with Crippen LogP contribution in [0.4, 0.5) is 10.1 Å². The molecule has 0 radical (unpaired) electrons. The predicted molar refractivity (Wildman–Crippen MR) is 131 cm³/mol. The molecule has 0 aliphatic rings. The minimum absolute atomic E-state index is 0.196. The van der Waals surface area contributed by atoms with Crippen molar-refractivity contribution in [1.82, 2.24) is 14.8 Å². The Morgan fingerprint density at radius 1 is 1.09 bits per heavy atom. The number of benzene rings is 2. The van der Waals surface area contributed by atoms with E-state index in [1.165, 1.54) is 23.5 Å². The number of hydrogen-bond acceptors (Lipinski definition) is 5. The molecular weight excluding hydrogens is 451 g/mol. The summed E-state index contributed by atoms with van der Waals surface area (Å²) in [5.74, 6) is 0.189. The second kappa shape index (κ2) is 9.44. The Morgan fingerprint density at radius 3 is 2.74 bits per heavy atom. The van der Waals surface area contributed by atoms with Crippen molar-refractivity contribution in [1.29, 1.82) is 0 Å². The number of carbonyl (C=O) groups excluding carboxylic acids is 1. The minimum Gasteiger partial charge on any atom is -0.489 e. The van der Waals surface area contributed by atoms with Gasteiger partial charge in [-0.1, -0.05) is 24.3 Å². The van der Waals surface area contributed by atoms with E-state index in [0.717, 1.165) is 27.0 Å². The number of nitrogens with one attached hydrogen (secondary N) is 1. The van der Waals surface area contributed by atoms with Crippen LogP contribution in [0, 0.1) is 12.7 Å². The first kappa shape index (κ1) is 21.8. The zero-order valence-electron chi connectivity index (χ0n) is 18.4. The molecule has 1 N–H and O–H groups in total. The Bertz CT molecular complexity index is 1450. The average molecular weight is 473 g/mol. The summed E-state index contributed by atoms with van der Waals surface area (Å²) in [6.45, 7) is 2.81. The standard InChI is InChI=1S/C26H21FN4O2S/c1-17-23-13-24(34-26(23)31(30-17)15-18-7-9-20(27)10-8-18)25(32)29-21-5-2-6-22(12-21)33-16-19-4-3-11-28-14-19/h2-14H,15-16H2,1H3,(H,29,32). The number of fused-ring (bicyclic) bond motifs is 1. The summed E-state index contributed by atoms with van der Waals surface area (Å²) in [4.78, 5) is 18.5. The molecule has 0 unspecified atom stereocenters. The number of nitrogens with zero attached hydrogens (tertiary/aromatic N) is 3. The molecule has 0 saturated carbocycles. The molecule has 8 heteroatoms. The van der Waals surface area contributed by atoms with Gasteiger partial charge in [0.1, 0.15) is 23.0 Å². The van der Waals surface area contributed by atoms with Gasteiger partial charge in [-0.2, -0.15) is 5.10 Å². The van der Waals surface area contributed by atoms with E-state index in [2.05, 4.69) is 15.4 Å². The summed E-state index contributed by atoms with van der Waals surface area (Å²) >= 11 is 1.38. The van der Waals surface area contributed by atoms with E-state index in [1.54, 1.807) is 30.6 Å². The normalized spacial score (nSPS) is 11.0. The van der Waals surface area contributed by atoms with Gasteiger partial charge in [0.15, 0.2) is 0 Å². The van der Waals surface area contributed by atoms with Crippen molar-refractivity contribution < 1.29 is 13.9 Å². The largest absolute Gasteiger partial charge is 0.489 e. The molecule has 0 atom stereocenters. The molecule has 170 valence electrons. The third kappa shape index (κ3) is 4.82. The number of amides is 1. The van der Waals surface area contributed by atoms with E-state index < -0.39 is 0 Å². The summed E-state index contributed by atoms with van der Waals surface area (Å²) in [5, 5.41) is 8.48. The van der Waals surface area contributed by atoms with E-state index in [1.807, 2.05) is 48.0 Å². The first-order chi connectivity index (χ1) is 16.5. The topological polar surface area (TPSA) is 69.0 Å². The van der Waals surface area contributed by atoms with Crippen LogP contribution in [-0.4, -0.2) is 20.7 Å². The van der Waals surface area contributed by atoms with Crippen LogP contribution in [0.3, 0.4) is 0 Å². The fourth-order valence-corrected chi connectivity index (χ4v) is 4.66. The quantitative estimate of drug-likeness (QED) is 0.324. The van der Waals surface area contributed by atoms with Gasteiger partial charge in [0.2, 0.25) is 0 Å². The van der Waals surface area contributed by atoms with Gasteiger partial charge in [-0.05, 0) is 48.9 Å². The summed E-state index contributed by atoms with van der Waals surface area (Å²) in [6, 6.07) is 19.3. The molecule has 6 nitrogen and oxygen atoms in total. The molecule has 0 saturated heterocycles. The summed E-state index contributed by atoms with van der Waals surface area (Å²) in [7, 11) is 0. The molecule has 0 bridgehead atoms. The lowest BCUT2D eigenvalue weighted by Gasteiger charge is -2.09. The Kier molecular flexibility index (Phi) is 6.05. The number of anilines is 1. The maximum atomic E-state index is 13.2. The predicted octanol–water partition coefficient (Wildman–Crippen LogP) is 5.82. The third-order valence-corrected chi connectivity index (χ3v) is 6.44. The number of aromatic nitrogens is 3. The van der Waals surface area contributed by atoms with Gasteiger partial charge >= 0.3 is 0 Å². The van der Waals surface area contributed by atoms with Crippen molar-refractivity contribution in [3.8, 4) is 5.75 Å². The number of aryl methyl sites for hydroxylation is 1. The van der Waals surface area contributed by atoms with Crippen LogP contribution in [0.15, 0.2) is 79.1 Å². The highest BCUT2D eigenvalue weighted by atomic mass is 32.1.